The van der Waals surface area contributed by atoms with Crippen LogP contribution in [0.4, 0.5) is 4.39 Å². The van der Waals surface area contributed by atoms with Crippen molar-refractivity contribution in [3.8, 4) is 5.75 Å². The molecule has 0 N–H and O–H groups in total. The summed E-state index contributed by atoms with van der Waals surface area (Å²) in [7, 11) is 0. The lowest BCUT2D eigenvalue weighted by Gasteiger charge is -2.21. The Hall–Kier alpha value is -1.95. The molecule has 1 heterocycles. The molecule has 0 bridgehead atoms. The summed E-state index contributed by atoms with van der Waals surface area (Å²) in [5.74, 6) is 0.149. The molecule has 0 spiro atoms. The Morgan fingerprint density at radius 3 is 2.69 bits per heavy atom. The van der Waals surface area contributed by atoms with Gasteiger partial charge in [-0.3, -0.25) is 14.0 Å². The molecule has 0 unspecified atom stereocenters. The van der Waals surface area contributed by atoms with Crippen LogP contribution < -0.4 is 10.3 Å². The van der Waals surface area contributed by atoms with Crippen molar-refractivity contribution in [1.29, 1.82) is 0 Å². The Morgan fingerprint density at radius 1 is 1.42 bits per heavy atom. The monoisotopic (exact) mass is 384 g/mol. The number of alkyl halides is 1. The first kappa shape index (κ1) is 22.1. The van der Waals surface area contributed by atoms with Crippen LogP contribution in [0.15, 0.2) is 34.8 Å². The van der Waals surface area contributed by atoms with Crippen LogP contribution in [0.2, 0.25) is 5.02 Å². The van der Waals surface area contributed by atoms with Crippen molar-refractivity contribution in [3.05, 3.63) is 45.4 Å². The van der Waals surface area contributed by atoms with Crippen LogP contribution in [0.5, 0.6) is 5.75 Å². The minimum absolute atomic E-state index is 0.00514. The molecular formula is C19H26ClFN2O3. The Bertz CT molecular complexity index is 733. The Balaban J connectivity index is 2.62. The quantitative estimate of drug-likeness (QED) is 0.363. The number of carbonyl (C=O) groups excluding carboxylic acids is 1. The van der Waals surface area contributed by atoms with Crippen molar-refractivity contribution in [3.63, 3.8) is 0 Å². The fraction of sp³-hybridized carbons (Fsp3) is 0.526. The van der Waals surface area contributed by atoms with Crippen LogP contribution in [-0.4, -0.2) is 28.8 Å². The fourth-order valence-electron chi connectivity index (χ4n) is 2.17. The van der Waals surface area contributed by atoms with Gasteiger partial charge in [0.05, 0.1) is 25.0 Å². The highest BCUT2D eigenvalue weighted by molar-refractivity contribution is 6.31. The van der Waals surface area contributed by atoms with Gasteiger partial charge in [0.15, 0.2) is 16.6 Å². The molecule has 0 aliphatic carbocycles. The van der Waals surface area contributed by atoms with Gasteiger partial charge in [0, 0.05) is 12.0 Å². The van der Waals surface area contributed by atoms with E-state index in [1.165, 1.54) is 10.9 Å². The zero-order valence-electron chi connectivity index (χ0n) is 15.7. The van der Waals surface area contributed by atoms with Crippen molar-refractivity contribution in [1.82, 2.24) is 9.78 Å². The number of hydrogen-bond acceptors (Lipinski definition) is 4. The standard InChI is InChI=1S/C19H26ClFN2O3/c1-5-14(15(24)10-8-11-21)9-6-7-12-26-16-13-22-23(19(2,3)4)18(25)17(16)20/h5-6,9,13H,7-8,10-12H2,1-4H3. The summed E-state index contributed by atoms with van der Waals surface area (Å²) in [6, 6.07) is 0. The average molecular weight is 385 g/mol. The number of halogens is 2. The summed E-state index contributed by atoms with van der Waals surface area (Å²) in [6.45, 7) is 7.12. The molecule has 144 valence electrons. The van der Waals surface area contributed by atoms with Crippen LogP contribution in [0.25, 0.3) is 0 Å². The average Bonchev–Trinajstić information content (AvgIpc) is 2.58. The van der Waals surface area contributed by atoms with E-state index in [0.717, 1.165) is 0 Å². The van der Waals surface area contributed by atoms with E-state index in [1.54, 1.807) is 25.2 Å². The first-order chi connectivity index (χ1) is 12.2. The van der Waals surface area contributed by atoms with Gasteiger partial charge in [0.2, 0.25) is 0 Å². The van der Waals surface area contributed by atoms with Gasteiger partial charge in [0.25, 0.3) is 5.56 Å². The molecule has 0 radical (unpaired) electrons. The third kappa shape index (κ3) is 6.41. The molecule has 1 rings (SSSR count). The zero-order chi connectivity index (χ0) is 19.7. The van der Waals surface area contributed by atoms with Gasteiger partial charge in [-0.15, -0.1) is 0 Å². The molecule has 7 heteroatoms. The number of nitrogens with zero attached hydrogens (tertiary/aromatic N) is 2. The van der Waals surface area contributed by atoms with Crippen LogP contribution in [0.3, 0.4) is 0 Å². The molecule has 1 aromatic heterocycles. The van der Waals surface area contributed by atoms with Gasteiger partial charge in [-0.05, 0) is 40.5 Å². The van der Waals surface area contributed by atoms with Crippen molar-refractivity contribution in [2.24, 2.45) is 0 Å². The van der Waals surface area contributed by atoms with Gasteiger partial charge in [-0.25, -0.2) is 4.68 Å². The molecule has 26 heavy (non-hydrogen) atoms. The molecule has 1 aromatic rings. The van der Waals surface area contributed by atoms with Crippen LogP contribution in [-0.2, 0) is 10.3 Å². The summed E-state index contributed by atoms with van der Waals surface area (Å²) in [5.41, 5.74) is -0.327. The first-order valence-corrected chi connectivity index (χ1v) is 8.93. The molecule has 5 nitrogen and oxygen atoms in total. The third-order valence-electron chi connectivity index (χ3n) is 3.53. The van der Waals surface area contributed by atoms with Gasteiger partial charge < -0.3 is 4.74 Å². The predicted octanol–water partition coefficient (Wildman–Crippen LogP) is 4.24. The van der Waals surface area contributed by atoms with E-state index in [1.807, 2.05) is 20.8 Å². The Morgan fingerprint density at radius 2 is 2.12 bits per heavy atom. The number of rotatable bonds is 9. The summed E-state index contributed by atoms with van der Waals surface area (Å²) in [5, 5.41) is 4.09. The maximum Gasteiger partial charge on any atom is 0.289 e. The van der Waals surface area contributed by atoms with Crippen LogP contribution >= 0.6 is 11.6 Å². The molecule has 0 saturated carbocycles. The number of aromatic nitrogens is 2. The maximum atomic E-state index is 12.2. The lowest BCUT2D eigenvalue weighted by atomic mass is 10.1. The highest BCUT2D eigenvalue weighted by Gasteiger charge is 2.19. The number of hydrogen-bond donors (Lipinski definition) is 0. The normalized spacial score (nSPS) is 12.6. The van der Waals surface area contributed by atoms with Gasteiger partial charge >= 0.3 is 0 Å². The summed E-state index contributed by atoms with van der Waals surface area (Å²) < 4.78 is 19.0. The van der Waals surface area contributed by atoms with E-state index in [0.29, 0.717) is 12.0 Å². The summed E-state index contributed by atoms with van der Waals surface area (Å²) >= 11 is 6.08. The van der Waals surface area contributed by atoms with Crippen LogP contribution in [0.1, 0.15) is 47.0 Å². The minimum Gasteiger partial charge on any atom is -0.490 e. The smallest absolute Gasteiger partial charge is 0.289 e. The molecule has 0 amide bonds. The third-order valence-corrected chi connectivity index (χ3v) is 3.88. The van der Waals surface area contributed by atoms with Crippen molar-refractivity contribution in [2.75, 3.05) is 13.3 Å². The molecule has 0 atom stereocenters. The second kappa shape index (κ2) is 10.3. The first-order valence-electron chi connectivity index (χ1n) is 8.55. The summed E-state index contributed by atoms with van der Waals surface area (Å²) in [6.07, 6.45) is 7.57. The lowest BCUT2D eigenvalue weighted by molar-refractivity contribution is -0.115. The topological polar surface area (TPSA) is 61.2 Å². The van der Waals surface area contributed by atoms with Gasteiger partial charge in [-0.1, -0.05) is 29.8 Å². The van der Waals surface area contributed by atoms with E-state index in [4.69, 9.17) is 16.3 Å². The predicted molar refractivity (Wildman–Crippen MR) is 102 cm³/mol. The zero-order valence-corrected chi connectivity index (χ0v) is 16.5. The highest BCUT2D eigenvalue weighted by atomic mass is 35.5. The van der Waals surface area contributed by atoms with Crippen molar-refractivity contribution >= 4 is 17.4 Å². The molecule has 0 aliphatic rings. The maximum absolute atomic E-state index is 12.2. The number of allylic oxidation sites excluding steroid dienone is 3. The number of ether oxygens (including phenoxy) is 1. The Kier molecular flexibility index (Phi) is 8.72. The molecular weight excluding hydrogens is 359 g/mol. The van der Waals surface area contributed by atoms with E-state index >= 15 is 0 Å². The van der Waals surface area contributed by atoms with E-state index < -0.39 is 17.8 Å². The molecule has 0 aromatic carbocycles. The van der Waals surface area contributed by atoms with Crippen molar-refractivity contribution in [2.45, 2.75) is 52.5 Å². The van der Waals surface area contributed by atoms with Crippen LogP contribution in [0, 0.1) is 0 Å². The SMILES string of the molecule is CC=C(C=CCCOc1cnn(C(C)(C)C)c(=O)c1Cl)C(=O)CCCF. The lowest BCUT2D eigenvalue weighted by Crippen LogP contribution is -2.36. The summed E-state index contributed by atoms with van der Waals surface area (Å²) in [4.78, 5) is 24.1. The number of ketones is 1. The van der Waals surface area contributed by atoms with Gasteiger partial charge in [-0.2, -0.15) is 5.10 Å². The largest absolute Gasteiger partial charge is 0.490 e. The fourth-order valence-corrected chi connectivity index (χ4v) is 2.35. The minimum atomic E-state index is -0.497. The van der Waals surface area contributed by atoms with E-state index in [9.17, 15) is 14.0 Å². The second-order valence-electron chi connectivity index (χ2n) is 6.71. The number of Topliss-reactive ketones (excluding diaryl/α,β-unsaturated/α-hetero) is 1. The Labute approximate surface area is 158 Å². The number of carbonyl (C=O) groups is 1. The molecule has 0 saturated heterocycles. The second-order valence-corrected chi connectivity index (χ2v) is 7.09. The van der Waals surface area contributed by atoms with Crippen molar-refractivity contribution < 1.29 is 13.9 Å². The highest BCUT2D eigenvalue weighted by Crippen LogP contribution is 2.20. The van der Waals surface area contributed by atoms with Gasteiger partial charge in [0.1, 0.15) is 0 Å². The molecule has 0 fully saturated rings. The van der Waals surface area contributed by atoms with E-state index in [-0.39, 0.29) is 36.0 Å². The molecule has 0 aliphatic heterocycles. The van der Waals surface area contributed by atoms with E-state index in [2.05, 4.69) is 5.10 Å².